The number of hydrogen-bond donors (Lipinski definition) is 1. The van der Waals surface area contributed by atoms with Crippen LogP contribution in [0, 0.1) is 0 Å². The van der Waals surface area contributed by atoms with Crippen LogP contribution in [0.3, 0.4) is 0 Å². The van der Waals surface area contributed by atoms with E-state index in [2.05, 4.69) is 43.1 Å². The minimum atomic E-state index is 0.565. The van der Waals surface area contributed by atoms with Gasteiger partial charge in [0, 0.05) is 34.9 Å². The van der Waals surface area contributed by atoms with E-state index in [1.807, 2.05) is 11.3 Å². The van der Waals surface area contributed by atoms with E-state index in [-0.39, 0.29) is 0 Å². The predicted molar refractivity (Wildman–Crippen MR) is 89.3 cm³/mol. The smallest absolute Gasteiger partial charge is 0.0330 e. The second kappa shape index (κ2) is 8.16. The van der Waals surface area contributed by atoms with Crippen molar-refractivity contribution in [2.75, 3.05) is 6.54 Å². The van der Waals surface area contributed by atoms with Crippen molar-refractivity contribution >= 4 is 11.3 Å². The summed E-state index contributed by atoms with van der Waals surface area (Å²) < 4.78 is 0. The van der Waals surface area contributed by atoms with E-state index in [1.165, 1.54) is 48.4 Å². The van der Waals surface area contributed by atoms with Crippen molar-refractivity contribution in [2.45, 2.75) is 78.0 Å². The van der Waals surface area contributed by atoms with Gasteiger partial charge in [0.1, 0.15) is 0 Å². The molecule has 2 nitrogen and oxygen atoms in total. The van der Waals surface area contributed by atoms with Gasteiger partial charge in [-0.2, -0.15) is 0 Å². The summed E-state index contributed by atoms with van der Waals surface area (Å²) >= 11 is 1.98. The molecule has 0 spiro atoms. The van der Waals surface area contributed by atoms with Gasteiger partial charge >= 0.3 is 0 Å². The summed E-state index contributed by atoms with van der Waals surface area (Å²) in [6, 6.07) is 6.01. The molecule has 1 saturated carbocycles. The Morgan fingerprint density at radius 3 is 2.55 bits per heavy atom. The van der Waals surface area contributed by atoms with E-state index >= 15 is 0 Å². The zero-order chi connectivity index (χ0) is 14.4. The molecule has 1 aromatic rings. The number of thiophene rings is 1. The molecule has 1 N–H and O–H groups in total. The standard InChI is InChI=1S/C17H30N2S/c1-4-19(15-8-6-5-7-9-15)13-17-11-10-16(20-17)12-18-14(2)3/h10-11,14-15,18H,4-9,12-13H2,1-3H3. The van der Waals surface area contributed by atoms with Crippen molar-refractivity contribution in [2.24, 2.45) is 0 Å². The molecule has 20 heavy (non-hydrogen) atoms. The largest absolute Gasteiger partial charge is 0.310 e. The fourth-order valence-electron chi connectivity index (χ4n) is 3.05. The maximum absolute atomic E-state index is 3.50. The highest BCUT2D eigenvalue weighted by Crippen LogP contribution is 2.26. The Bertz CT molecular complexity index is 380. The third kappa shape index (κ3) is 4.87. The maximum Gasteiger partial charge on any atom is 0.0330 e. The van der Waals surface area contributed by atoms with E-state index in [0.717, 1.165) is 19.1 Å². The Hall–Kier alpha value is -0.380. The molecule has 0 saturated heterocycles. The average Bonchev–Trinajstić information content (AvgIpc) is 2.91. The normalized spacial score (nSPS) is 17.2. The highest BCUT2D eigenvalue weighted by molar-refractivity contribution is 7.11. The van der Waals surface area contributed by atoms with Crippen molar-refractivity contribution < 1.29 is 0 Å². The number of hydrogen-bond acceptors (Lipinski definition) is 3. The molecule has 1 aliphatic carbocycles. The molecule has 1 fully saturated rings. The number of nitrogens with one attached hydrogen (secondary N) is 1. The third-order valence-electron chi connectivity index (χ3n) is 4.26. The van der Waals surface area contributed by atoms with Crippen LogP contribution in [0.5, 0.6) is 0 Å². The minimum absolute atomic E-state index is 0.565. The second-order valence-electron chi connectivity index (χ2n) is 6.26. The topological polar surface area (TPSA) is 15.3 Å². The van der Waals surface area contributed by atoms with Crippen LogP contribution in [0.15, 0.2) is 12.1 Å². The van der Waals surface area contributed by atoms with Gasteiger partial charge in [0.15, 0.2) is 0 Å². The summed E-state index contributed by atoms with van der Waals surface area (Å²) in [6.45, 7) is 10.1. The van der Waals surface area contributed by atoms with Gasteiger partial charge in [0.2, 0.25) is 0 Å². The molecule has 0 aliphatic heterocycles. The zero-order valence-corrected chi connectivity index (χ0v) is 14.1. The fraction of sp³-hybridized carbons (Fsp3) is 0.765. The van der Waals surface area contributed by atoms with Gasteiger partial charge < -0.3 is 5.32 Å². The lowest BCUT2D eigenvalue weighted by Gasteiger charge is -2.33. The molecule has 0 radical (unpaired) electrons. The van der Waals surface area contributed by atoms with E-state index in [0.29, 0.717) is 6.04 Å². The Balaban J connectivity index is 1.87. The van der Waals surface area contributed by atoms with Crippen LogP contribution in [-0.4, -0.2) is 23.5 Å². The molecular weight excluding hydrogens is 264 g/mol. The lowest BCUT2D eigenvalue weighted by atomic mass is 9.94. The number of nitrogens with zero attached hydrogens (tertiary/aromatic N) is 1. The van der Waals surface area contributed by atoms with Gasteiger partial charge in [0.05, 0.1) is 0 Å². The predicted octanol–water partition coefficient (Wildman–Crippen LogP) is 4.40. The van der Waals surface area contributed by atoms with E-state index in [1.54, 1.807) is 0 Å². The lowest BCUT2D eigenvalue weighted by Crippen LogP contribution is -2.35. The summed E-state index contributed by atoms with van der Waals surface area (Å²) in [5.74, 6) is 0. The summed E-state index contributed by atoms with van der Waals surface area (Å²) in [7, 11) is 0. The highest BCUT2D eigenvalue weighted by atomic mass is 32.1. The van der Waals surface area contributed by atoms with Crippen LogP contribution in [0.25, 0.3) is 0 Å². The average molecular weight is 295 g/mol. The Kier molecular flexibility index (Phi) is 6.53. The van der Waals surface area contributed by atoms with Crippen molar-refractivity contribution in [3.63, 3.8) is 0 Å². The summed E-state index contributed by atoms with van der Waals surface area (Å²) in [5.41, 5.74) is 0. The first-order chi connectivity index (χ1) is 9.69. The van der Waals surface area contributed by atoms with Crippen LogP contribution >= 0.6 is 11.3 Å². The molecule has 2 rings (SSSR count). The molecule has 1 aliphatic rings. The Morgan fingerprint density at radius 1 is 1.20 bits per heavy atom. The van der Waals surface area contributed by atoms with Crippen LogP contribution < -0.4 is 5.32 Å². The van der Waals surface area contributed by atoms with Gasteiger partial charge in [0.25, 0.3) is 0 Å². The van der Waals surface area contributed by atoms with Crippen molar-refractivity contribution in [3.8, 4) is 0 Å². The van der Waals surface area contributed by atoms with Gasteiger partial charge in [-0.1, -0.05) is 40.0 Å². The zero-order valence-electron chi connectivity index (χ0n) is 13.3. The van der Waals surface area contributed by atoms with Gasteiger partial charge in [-0.3, -0.25) is 4.90 Å². The van der Waals surface area contributed by atoms with Gasteiger partial charge in [-0.05, 0) is 31.5 Å². The molecule has 0 bridgehead atoms. The van der Waals surface area contributed by atoms with Crippen LogP contribution in [0.4, 0.5) is 0 Å². The SMILES string of the molecule is CCN(Cc1ccc(CNC(C)C)s1)C1CCCCC1. The maximum atomic E-state index is 3.50. The fourth-order valence-corrected chi connectivity index (χ4v) is 4.05. The molecule has 0 aromatic carbocycles. The van der Waals surface area contributed by atoms with Crippen LogP contribution in [0.1, 0.15) is 62.6 Å². The Morgan fingerprint density at radius 2 is 1.90 bits per heavy atom. The van der Waals surface area contributed by atoms with E-state index < -0.39 is 0 Å². The first-order valence-electron chi connectivity index (χ1n) is 8.24. The van der Waals surface area contributed by atoms with E-state index in [4.69, 9.17) is 0 Å². The summed E-state index contributed by atoms with van der Waals surface area (Å²) in [4.78, 5) is 5.68. The van der Waals surface area contributed by atoms with Gasteiger partial charge in [-0.25, -0.2) is 0 Å². The highest BCUT2D eigenvalue weighted by Gasteiger charge is 2.20. The van der Waals surface area contributed by atoms with E-state index in [9.17, 15) is 0 Å². The van der Waals surface area contributed by atoms with Crippen LogP contribution in [0.2, 0.25) is 0 Å². The molecule has 3 heteroatoms. The summed E-state index contributed by atoms with van der Waals surface area (Å²) in [6.07, 6.45) is 7.10. The molecule has 0 atom stereocenters. The molecule has 0 unspecified atom stereocenters. The van der Waals surface area contributed by atoms with Crippen molar-refractivity contribution in [3.05, 3.63) is 21.9 Å². The third-order valence-corrected chi connectivity index (χ3v) is 5.33. The molecule has 0 amide bonds. The second-order valence-corrected chi connectivity index (χ2v) is 7.51. The van der Waals surface area contributed by atoms with Gasteiger partial charge in [-0.15, -0.1) is 11.3 Å². The summed E-state index contributed by atoms with van der Waals surface area (Å²) in [5, 5.41) is 3.50. The molecule has 1 heterocycles. The molecule has 1 aromatic heterocycles. The molecule has 114 valence electrons. The lowest BCUT2D eigenvalue weighted by molar-refractivity contribution is 0.157. The van der Waals surface area contributed by atoms with Crippen molar-refractivity contribution in [1.82, 2.24) is 10.2 Å². The quantitative estimate of drug-likeness (QED) is 0.802. The first kappa shape index (κ1) is 16.0. The number of rotatable bonds is 7. The first-order valence-corrected chi connectivity index (χ1v) is 9.05. The molecular formula is C17H30N2S. The minimum Gasteiger partial charge on any atom is -0.310 e. The van der Waals surface area contributed by atoms with Crippen LogP contribution in [-0.2, 0) is 13.1 Å². The van der Waals surface area contributed by atoms with Crippen molar-refractivity contribution in [1.29, 1.82) is 0 Å². The monoisotopic (exact) mass is 294 g/mol. The Labute approximate surface area is 128 Å².